The van der Waals surface area contributed by atoms with Gasteiger partial charge in [0.2, 0.25) is 0 Å². The van der Waals surface area contributed by atoms with Gasteiger partial charge in [-0.2, -0.15) is 13.2 Å². The Labute approximate surface area is 104 Å². The number of allylic oxidation sites excluding steroid dienone is 4. The molecule has 2 rings (SSSR count). The third-order valence-corrected chi connectivity index (χ3v) is 2.63. The summed E-state index contributed by atoms with van der Waals surface area (Å²) in [6.45, 7) is 0. The monoisotopic (exact) mass is 344 g/mol. The van der Waals surface area contributed by atoms with E-state index in [1.54, 1.807) is 11.1 Å². The summed E-state index contributed by atoms with van der Waals surface area (Å²) in [5.41, 5.74) is -2.35. The minimum absolute atomic E-state index is 0. The van der Waals surface area contributed by atoms with Gasteiger partial charge in [0.25, 0.3) is 0 Å². The van der Waals surface area contributed by atoms with E-state index in [1.807, 2.05) is 0 Å². The van der Waals surface area contributed by atoms with Crippen LogP contribution in [0.25, 0.3) is 0 Å². The van der Waals surface area contributed by atoms with Crippen LogP contribution in [-0.4, -0.2) is 18.5 Å². The zero-order valence-electron chi connectivity index (χ0n) is 7.88. The van der Waals surface area contributed by atoms with E-state index in [9.17, 15) is 13.2 Å². The van der Waals surface area contributed by atoms with Gasteiger partial charge < -0.3 is 4.55 Å². The van der Waals surface area contributed by atoms with Crippen molar-refractivity contribution in [2.45, 2.75) is 24.8 Å². The van der Waals surface area contributed by atoms with Crippen molar-refractivity contribution in [2.75, 3.05) is 0 Å². The summed E-state index contributed by atoms with van der Waals surface area (Å²) in [5, 5.41) is 0. The number of alkyl halides is 3. The first-order chi connectivity index (χ1) is 6.70. The molecule has 3 nitrogen and oxygen atoms in total. The summed E-state index contributed by atoms with van der Waals surface area (Å²) in [6.07, 6.45) is 8.54. The zero-order valence-corrected chi connectivity index (χ0v) is 10.3. The molecule has 0 unspecified atom stereocenters. The molecule has 2 aliphatic carbocycles. The molecule has 0 amide bonds. The molecule has 0 N–H and O–H groups in total. The van der Waals surface area contributed by atoms with Gasteiger partial charge in [-0.25, -0.2) is 8.42 Å². The second kappa shape index (κ2) is 5.42. The van der Waals surface area contributed by atoms with Gasteiger partial charge in [-0.15, -0.1) is 0 Å². The average Bonchev–Trinajstić information content (AvgIpc) is 2.62. The van der Waals surface area contributed by atoms with Gasteiger partial charge in [0, 0.05) is 0 Å². The molecule has 0 atom stereocenters. The number of rotatable bonds is 0. The van der Waals surface area contributed by atoms with Crippen LogP contribution in [0.3, 0.4) is 0 Å². The summed E-state index contributed by atoms with van der Waals surface area (Å²) in [4.78, 5) is 0. The topological polar surface area (TPSA) is 57.2 Å². The molecule has 8 heteroatoms. The molecule has 0 saturated heterocycles. The quantitative estimate of drug-likeness (QED) is 0.384. The summed E-state index contributed by atoms with van der Waals surface area (Å²) in [6, 6.07) is 0. The summed E-state index contributed by atoms with van der Waals surface area (Å²) in [5.74, 6) is 0. The first kappa shape index (κ1) is 15.8. The Bertz CT molecular complexity index is 391. The van der Waals surface area contributed by atoms with Crippen LogP contribution in [0, 0.1) is 0 Å². The third-order valence-electron chi connectivity index (χ3n) is 2.06. The normalized spacial score (nSPS) is 18.0. The number of halogens is 3. The van der Waals surface area contributed by atoms with Crippen molar-refractivity contribution in [1.29, 1.82) is 0 Å². The molecule has 1 saturated carbocycles. The molecule has 0 aromatic carbocycles. The first-order valence-electron chi connectivity index (χ1n) is 4.10. The summed E-state index contributed by atoms with van der Waals surface area (Å²) < 4.78 is 58.9. The van der Waals surface area contributed by atoms with Crippen LogP contribution in [0.1, 0.15) is 19.3 Å². The predicted molar refractivity (Wildman–Crippen MR) is 45.8 cm³/mol. The minimum atomic E-state index is -6.09. The molecule has 0 aliphatic heterocycles. The van der Waals surface area contributed by atoms with Crippen molar-refractivity contribution >= 4 is 10.1 Å². The SMILES string of the molecule is C1=C2CCC(=C1)C2.O=S(=O)([O-])C(F)(F)F.[Rh+]. The van der Waals surface area contributed by atoms with Crippen LogP contribution in [-0.2, 0) is 29.6 Å². The predicted octanol–water partition coefficient (Wildman–Crippen LogP) is 2.09. The van der Waals surface area contributed by atoms with E-state index in [1.165, 1.54) is 19.3 Å². The van der Waals surface area contributed by atoms with E-state index in [2.05, 4.69) is 12.2 Å². The number of fused-ring (bicyclic) bond motifs is 2. The molecule has 0 spiro atoms. The molecular weight excluding hydrogens is 336 g/mol. The summed E-state index contributed by atoms with van der Waals surface area (Å²) in [7, 11) is -6.09. The van der Waals surface area contributed by atoms with Gasteiger partial charge in [0.05, 0.1) is 0 Å². The number of hydrogen-bond donors (Lipinski definition) is 0. The van der Waals surface area contributed by atoms with Crippen LogP contribution in [0.5, 0.6) is 0 Å². The fraction of sp³-hybridized carbons (Fsp3) is 0.500. The molecule has 94 valence electrons. The van der Waals surface area contributed by atoms with Crippen molar-refractivity contribution in [3.63, 3.8) is 0 Å². The first-order valence-corrected chi connectivity index (χ1v) is 5.50. The number of hydrogen-bond acceptors (Lipinski definition) is 3. The van der Waals surface area contributed by atoms with E-state index < -0.39 is 15.6 Å². The Balaban J connectivity index is 0.000000265. The van der Waals surface area contributed by atoms with Gasteiger partial charge in [-0.3, -0.25) is 0 Å². The van der Waals surface area contributed by atoms with Crippen molar-refractivity contribution in [3.05, 3.63) is 23.3 Å². The third kappa shape index (κ3) is 4.35. The van der Waals surface area contributed by atoms with E-state index in [0.717, 1.165) is 0 Å². The van der Waals surface area contributed by atoms with Gasteiger partial charge >= 0.3 is 25.0 Å². The van der Waals surface area contributed by atoms with E-state index in [4.69, 9.17) is 13.0 Å². The molecule has 0 heterocycles. The van der Waals surface area contributed by atoms with Crippen LogP contribution in [0.15, 0.2) is 23.3 Å². The fourth-order valence-corrected chi connectivity index (χ4v) is 1.31. The molecule has 0 radical (unpaired) electrons. The van der Waals surface area contributed by atoms with Crippen LogP contribution < -0.4 is 0 Å². The second-order valence-corrected chi connectivity index (χ2v) is 4.60. The molecule has 0 aromatic rings. The maximum Gasteiger partial charge on any atom is 1.00 e. The largest absolute Gasteiger partial charge is 1.00 e. The molecule has 16 heavy (non-hydrogen) atoms. The van der Waals surface area contributed by atoms with Crippen molar-refractivity contribution in [1.82, 2.24) is 0 Å². The standard InChI is InChI=1S/C7H8.CHF3O3S.Rh/c1-2-7-4-3-6(1)5-7;2-1(3,4)8(5,6)7;/h1-2H,3-5H2;(H,5,6,7);/q;;+1/p-1. The van der Waals surface area contributed by atoms with E-state index in [0.29, 0.717) is 0 Å². The van der Waals surface area contributed by atoms with E-state index >= 15 is 0 Å². The maximum absolute atomic E-state index is 10.7. The minimum Gasteiger partial charge on any atom is -0.741 e. The Morgan fingerprint density at radius 1 is 1.12 bits per heavy atom. The van der Waals surface area contributed by atoms with Crippen molar-refractivity contribution in [3.8, 4) is 0 Å². The Kier molecular flexibility index (Phi) is 5.36. The van der Waals surface area contributed by atoms with Gasteiger partial charge in [0.15, 0.2) is 10.1 Å². The maximum atomic E-state index is 10.7. The van der Waals surface area contributed by atoms with E-state index in [-0.39, 0.29) is 19.5 Å². The molecule has 2 aliphatic rings. The molecular formula is C8H8F3O3RhS. The van der Waals surface area contributed by atoms with Gasteiger partial charge in [0.1, 0.15) is 0 Å². The Morgan fingerprint density at radius 3 is 1.50 bits per heavy atom. The Morgan fingerprint density at radius 2 is 1.44 bits per heavy atom. The molecule has 2 bridgehead atoms. The van der Waals surface area contributed by atoms with Crippen molar-refractivity contribution in [2.24, 2.45) is 0 Å². The van der Waals surface area contributed by atoms with Gasteiger partial charge in [-0.05, 0) is 19.3 Å². The summed E-state index contributed by atoms with van der Waals surface area (Å²) >= 11 is 0. The van der Waals surface area contributed by atoms with Crippen LogP contribution in [0.4, 0.5) is 13.2 Å². The van der Waals surface area contributed by atoms with Crippen LogP contribution in [0.2, 0.25) is 0 Å². The fourth-order valence-electron chi connectivity index (χ4n) is 1.31. The van der Waals surface area contributed by atoms with Gasteiger partial charge in [-0.1, -0.05) is 23.3 Å². The molecule has 0 aromatic heterocycles. The van der Waals surface area contributed by atoms with Crippen LogP contribution >= 0.6 is 0 Å². The average molecular weight is 344 g/mol. The van der Waals surface area contributed by atoms with Crippen molar-refractivity contribution < 1.29 is 45.6 Å². The molecule has 1 fully saturated rings. The Hall–Kier alpha value is -0.197. The second-order valence-electron chi connectivity index (χ2n) is 3.23. The zero-order chi connectivity index (χ0) is 11.7. The smallest absolute Gasteiger partial charge is 0.741 e.